The van der Waals surface area contributed by atoms with E-state index in [9.17, 15) is 0 Å². The van der Waals surface area contributed by atoms with Crippen LogP contribution >= 0.6 is 0 Å². The van der Waals surface area contributed by atoms with Crippen molar-refractivity contribution < 1.29 is 4.74 Å². The van der Waals surface area contributed by atoms with E-state index < -0.39 is 0 Å². The van der Waals surface area contributed by atoms with Crippen LogP contribution in [0.3, 0.4) is 0 Å². The summed E-state index contributed by atoms with van der Waals surface area (Å²) in [7, 11) is 0. The van der Waals surface area contributed by atoms with E-state index in [2.05, 4.69) is 31.0 Å². The first-order chi connectivity index (χ1) is 10.1. The first-order valence-corrected chi connectivity index (χ1v) is 7.57. The van der Waals surface area contributed by atoms with Gasteiger partial charge in [0.15, 0.2) is 0 Å². The highest BCUT2D eigenvalue weighted by atomic mass is 16.5. The van der Waals surface area contributed by atoms with Crippen molar-refractivity contribution in [1.29, 1.82) is 0 Å². The summed E-state index contributed by atoms with van der Waals surface area (Å²) < 4.78 is 5.91. The summed E-state index contributed by atoms with van der Waals surface area (Å²) in [6, 6.07) is 12.3. The van der Waals surface area contributed by atoms with Crippen molar-refractivity contribution in [1.82, 2.24) is 4.98 Å². The van der Waals surface area contributed by atoms with Gasteiger partial charge in [-0.25, -0.2) is 4.98 Å². The van der Waals surface area contributed by atoms with Crippen molar-refractivity contribution in [2.45, 2.75) is 45.6 Å². The fourth-order valence-electron chi connectivity index (χ4n) is 2.23. The smallest absolute Gasteiger partial charge is 0.222 e. The van der Waals surface area contributed by atoms with Gasteiger partial charge in [-0.05, 0) is 49.4 Å². The highest BCUT2D eigenvalue weighted by molar-refractivity contribution is 5.35. The van der Waals surface area contributed by atoms with Crippen LogP contribution in [0.15, 0.2) is 42.6 Å². The van der Waals surface area contributed by atoms with E-state index in [4.69, 9.17) is 10.5 Å². The number of pyridine rings is 1. The predicted octanol–water partition coefficient (Wildman–Crippen LogP) is 4.28. The van der Waals surface area contributed by atoms with Crippen molar-refractivity contribution in [2.75, 3.05) is 0 Å². The second-order valence-electron chi connectivity index (χ2n) is 5.63. The average molecular weight is 284 g/mol. The molecule has 21 heavy (non-hydrogen) atoms. The van der Waals surface area contributed by atoms with Crippen molar-refractivity contribution in [3.63, 3.8) is 0 Å². The molecule has 2 N–H and O–H groups in total. The number of aromatic nitrogens is 1. The lowest BCUT2D eigenvalue weighted by atomic mass is 9.99. The van der Waals surface area contributed by atoms with Crippen LogP contribution in [-0.2, 0) is 6.42 Å². The highest BCUT2D eigenvalue weighted by Gasteiger charge is 2.09. The minimum atomic E-state index is 0.0873. The molecule has 0 amide bonds. The summed E-state index contributed by atoms with van der Waals surface area (Å²) in [5, 5.41) is 0. The number of rotatable bonds is 6. The van der Waals surface area contributed by atoms with Gasteiger partial charge in [0.25, 0.3) is 0 Å². The van der Waals surface area contributed by atoms with Crippen LogP contribution in [0.5, 0.6) is 11.6 Å². The largest absolute Gasteiger partial charge is 0.439 e. The molecule has 1 aromatic heterocycles. The van der Waals surface area contributed by atoms with Crippen LogP contribution in [0.2, 0.25) is 0 Å². The molecule has 0 bridgehead atoms. The van der Waals surface area contributed by atoms with Crippen LogP contribution in [0.4, 0.5) is 0 Å². The zero-order valence-corrected chi connectivity index (χ0v) is 13.0. The summed E-state index contributed by atoms with van der Waals surface area (Å²) >= 11 is 0. The average Bonchev–Trinajstić information content (AvgIpc) is 2.49. The molecule has 2 aromatic rings. The Morgan fingerprint density at radius 3 is 2.48 bits per heavy atom. The monoisotopic (exact) mass is 284 g/mol. The van der Waals surface area contributed by atoms with Gasteiger partial charge < -0.3 is 10.5 Å². The SMILES string of the molecule is CCC(C)c1ccc(Oc2ncccc2CC(C)N)cc1. The molecule has 3 nitrogen and oxygen atoms in total. The predicted molar refractivity (Wildman–Crippen MR) is 86.8 cm³/mol. The maximum atomic E-state index is 5.91. The Bertz CT molecular complexity index is 564. The molecule has 0 aliphatic heterocycles. The van der Waals surface area contributed by atoms with E-state index in [1.54, 1.807) is 6.20 Å². The van der Waals surface area contributed by atoms with E-state index in [1.807, 2.05) is 31.2 Å². The Morgan fingerprint density at radius 1 is 1.14 bits per heavy atom. The van der Waals surface area contributed by atoms with Gasteiger partial charge in [-0.3, -0.25) is 0 Å². The standard InChI is InChI=1S/C18H24N2O/c1-4-13(2)15-7-9-17(10-8-15)21-18-16(12-14(3)19)6-5-11-20-18/h5-11,13-14H,4,12,19H2,1-3H3. The molecule has 2 rings (SSSR count). The van der Waals surface area contributed by atoms with Crippen LogP contribution in [0.25, 0.3) is 0 Å². The lowest BCUT2D eigenvalue weighted by Gasteiger charge is -2.13. The maximum Gasteiger partial charge on any atom is 0.222 e. The Morgan fingerprint density at radius 2 is 1.86 bits per heavy atom. The first-order valence-electron chi connectivity index (χ1n) is 7.57. The Kier molecular flexibility index (Phi) is 5.34. The van der Waals surface area contributed by atoms with Crippen LogP contribution in [0.1, 0.15) is 44.2 Å². The van der Waals surface area contributed by atoms with Crippen molar-refractivity contribution in [3.8, 4) is 11.6 Å². The number of ether oxygens (including phenoxy) is 1. The minimum Gasteiger partial charge on any atom is -0.439 e. The quantitative estimate of drug-likeness (QED) is 0.861. The minimum absolute atomic E-state index is 0.0873. The number of nitrogens with zero attached hydrogens (tertiary/aromatic N) is 1. The Hall–Kier alpha value is -1.87. The highest BCUT2D eigenvalue weighted by Crippen LogP contribution is 2.26. The van der Waals surface area contributed by atoms with Gasteiger partial charge in [-0.2, -0.15) is 0 Å². The molecule has 0 aliphatic carbocycles. The van der Waals surface area contributed by atoms with Gasteiger partial charge in [-0.15, -0.1) is 0 Å². The van der Waals surface area contributed by atoms with Crippen LogP contribution < -0.4 is 10.5 Å². The van der Waals surface area contributed by atoms with Gasteiger partial charge in [-0.1, -0.05) is 32.0 Å². The molecule has 1 heterocycles. The van der Waals surface area contributed by atoms with Gasteiger partial charge in [0.2, 0.25) is 5.88 Å². The fourth-order valence-corrected chi connectivity index (χ4v) is 2.23. The second-order valence-corrected chi connectivity index (χ2v) is 5.63. The third-order valence-electron chi connectivity index (χ3n) is 3.67. The van der Waals surface area contributed by atoms with Crippen LogP contribution in [0, 0.1) is 0 Å². The molecule has 0 saturated heterocycles. The van der Waals surface area contributed by atoms with E-state index in [-0.39, 0.29) is 6.04 Å². The molecule has 3 heteroatoms. The summed E-state index contributed by atoms with van der Waals surface area (Å²) in [6.07, 6.45) is 3.64. The second kappa shape index (κ2) is 7.23. The molecular weight excluding hydrogens is 260 g/mol. The maximum absolute atomic E-state index is 5.91. The lowest BCUT2D eigenvalue weighted by Crippen LogP contribution is -2.18. The molecule has 0 spiro atoms. The summed E-state index contributed by atoms with van der Waals surface area (Å²) in [6.45, 7) is 6.41. The normalized spacial score (nSPS) is 13.7. The van der Waals surface area contributed by atoms with Gasteiger partial charge in [0, 0.05) is 17.8 Å². The number of benzene rings is 1. The zero-order valence-electron chi connectivity index (χ0n) is 13.0. The van der Waals surface area contributed by atoms with Crippen molar-refractivity contribution in [3.05, 3.63) is 53.7 Å². The summed E-state index contributed by atoms with van der Waals surface area (Å²) in [4.78, 5) is 4.32. The van der Waals surface area contributed by atoms with Crippen molar-refractivity contribution >= 4 is 0 Å². The zero-order chi connectivity index (χ0) is 15.2. The number of hydrogen-bond acceptors (Lipinski definition) is 3. The van der Waals surface area contributed by atoms with E-state index in [0.717, 1.165) is 24.2 Å². The van der Waals surface area contributed by atoms with E-state index in [0.29, 0.717) is 11.8 Å². The van der Waals surface area contributed by atoms with E-state index >= 15 is 0 Å². The fraction of sp³-hybridized carbons (Fsp3) is 0.389. The molecule has 0 aliphatic rings. The molecule has 2 atom stereocenters. The Labute approximate surface area is 127 Å². The Balaban J connectivity index is 2.15. The third kappa shape index (κ3) is 4.30. The molecular formula is C18H24N2O. The number of nitrogens with two attached hydrogens (primary N) is 1. The van der Waals surface area contributed by atoms with Crippen molar-refractivity contribution in [2.24, 2.45) is 5.73 Å². The van der Waals surface area contributed by atoms with Gasteiger partial charge in [0.1, 0.15) is 5.75 Å². The third-order valence-corrected chi connectivity index (χ3v) is 3.67. The number of hydrogen-bond donors (Lipinski definition) is 1. The van der Waals surface area contributed by atoms with Crippen LogP contribution in [-0.4, -0.2) is 11.0 Å². The van der Waals surface area contributed by atoms with E-state index in [1.165, 1.54) is 5.56 Å². The molecule has 112 valence electrons. The molecule has 0 radical (unpaired) electrons. The molecule has 0 saturated carbocycles. The van der Waals surface area contributed by atoms with Gasteiger partial charge >= 0.3 is 0 Å². The lowest BCUT2D eigenvalue weighted by molar-refractivity contribution is 0.453. The molecule has 2 unspecified atom stereocenters. The summed E-state index contributed by atoms with van der Waals surface area (Å²) in [5.74, 6) is 2.03. The first kappa shape index (κ1) is 15.5. The summed E-state index contributed by atoms with van der Waals surface area (Å²) in [5.41, 5.74) is 8.25. The van der Waals surface area contributed by atoms with Gasteiger partial charge in [0.05, 0.1) is 0 Å². The molecule has 1 aromatic carbocycles. The molecule has 0 fully saturated rings. The topological polar surface area (TPSA) is 48.1 Å².